The second-order valence-corrected chi connectivity index (χ2v) is 16.8. The van der Waals surface area contributed by atoms with Crippen molar-refractivity contribution in [2.24, 2.45) is 5.73 Å². The Hall–Kier alpha value is -6.33. The van der Waals surface area contributed by atoms with Crippen LogP contribution in [0, 0.1) is 0 Å². The number of aromatic hydroxyl groups is 1. The van der Waals surface area contributed by atoms with Gasteiger partial charge in [0.2, 0.25) is 23.6 Å². The van der Waals surface area contributed by atoms with Gasteiger partial charge in [-0.1, -0.05) is 48.0 Å². The second-order valence-electron chi connectivity index (χ2n) is 16.4. The van der Waals surface area contributed by atoms with Gasteiger partial charge in [-0.3, -0.25) is 28.8 Å². The minimum absolute atomic E-state index is 0.0367. The Morgan fingerprint density at radius 2 is 1.58 bits per heavy atom. The van der Waals surface area contributed by atoms with Crippen LogP contribution in [0.25, 0.3) is 22.3 Å². The number of Topliss-reactive ketones (excluding diaryl/α,β-unsaturated/α-hetero) is 1. The van der Waals surface area contributed by atoms with Gasteiger partial charge in [-0.2, -0.15) is 0 Å². The normalized spacial score (nSPS) is 17.0. The first-order valence-corrected chi connectivity index (χ1v) is 22.5. The number of hydrogen-bond acceptors (Lipinski definition) is 11. The standard InChI is InChI=1S/C49H61ClN8O8/c1-29(31(3)59)54-47(63)41-27-32-9-19-42(60)38(26-32)39-28-36(16-20-43(39)66-25-24-53-23-22-52-4)44(48(64)55-30(2)45(61)57-41)58(5)49(65)40(8-6-7-21-51)56-46(62)35-12-10-33(11-13-35)34-14-17-37(50)18-15-34/h9-20,26,28-30,40-41,44,52-53,60H,6-8,21-25,27,51H2,1-5H3,(H,54,63)(H,55,64)(H,56,62)(H,57,61). The van der Waals surface area contributed by atoms with Crippen LogP contribution in [0.15, 0.2) is 84.9 Å². The molecule has 5 amide bonds. The number of hydrogen-bond donors (Lipinski definition) is 8. The molecule has 0 aromatic heterocycles. The number of ether oxygens (including phenoxy) is 1. The van der Waals surface area contributed by atoms with Crippen molar-refractivity contribution in [1.29, 1.82) is 0 Å². The van der Waals surface area contributed by atoms with Crippen molar-refractivity contribution in [2.75, 3.05) is 46.9 Å². The summed E-state index contributed by atoms with van der Waals surface area (Å²) >= 11 is 6.07. The lowest BCUT2D eigenvalue weighted by Gasteiger charge is -2.32. The Bertz CT molecular complexity index is 2350. The topological polar surface area (TPSA) is 233 Å². The number of likely N-dealkylation sites (N-methyl/N-ethyl adjacent to an activating group) is 2. The van der Waals surface area contributed by atoms with Crippen molar-refractivity contribution >= 4 is 46.9 Å². The molecular weight excluding hydrogens is 864 g/mol. The number of phenolic OH excluding ortho intramolecular Hbond substituents is 1. The molecule has 4 bridgehead atoms. The highest BCUT2D eigenvalue weighted by atomic mass is 35.5. The maximum atomic E-state index is 14.8. The summed E-state index contributed by atoms with van der Waals surface area (Å²) < 4.78 is 6.27. The van der Waals surface area contributed by atoms with Crippen LogP contribution in [0.3, 0.4) is 0 Å². The fourth-order valence-electron chi connectivity index (χ4n) is 7.44. The first-order valence-electron chi connectivity index (χ1n) is 22.1. The maximum Gasteiger partial charge on any atom is 0.251 e. The Balaban J connectivity index is 1.55. The molecule has 17 heteroatoms. The largest absolute Gasteiger partial charge is 0.507 e. The Morgan fingerprint density at radius 1 is 0.879 bits per heavy atom. The van der Waals surface area contributed by atoms with Gasteiger partial charge in [0.25, 0.3) is 5.91 Å². The van der Waals surface area contributed by atoms with E-state index in [1.54, 1.807) is 66.7 Å². The number of nitrogens with two attached hydrogens (primary N) is 1. The van der Waals surface area contributed by atoms with Gasteiger partial charge in [0, 0.05) is 54.8 Å². The third-order valence-electron chi connectivity index (χ3n) is 11.4. The minimum Gasteiger partial charge on any atom is -0.507 e. The molecule has 5 rings (SSSR count). The van der Waals surface area contributed by atoms with Gasteiger partial charge in [0.15, 0.2) is 5.78 Å². The number of phenols is 1. The molecule has 16 nitrogen and oxygen atoms in total. The fraction of sp³-hybridized carbons (Fsp3) is 0.388. The summed E-state index contributed by atoms with van der Waals surface area (Å²) in [7, 11) is 3.30. The summed E-state index contributed by atoms with van der Waals surface area (Å²) in [6, 6.07) is 18.2. The number of ketones is 1. The number of halogens is 1. The van der Waals surface area contributed by atoms with Crippen molar-refractivity contribution in [3.63, 3.8) is 0 Å². The molecule has 4 aromatic rings. The molecule has 66 heavy (non-hydrogen) atoms. The molecule has 5 atom stereocenters. The van der Waals surface area contributed by atoms with Crippen LogP contribution in [-0.2, 0) is 30.4 Å². The Labute approximate surface area is 390 Å². The van der Waals surface area contributed by atoms with E-state index < -0.39 is 59.7 Å². The van der Waals surface area contributed by atoms with E-state index in [0.29, 0.717) is 71.1 Å². The average Bonchev–Trinajstić information content (AvgIpc) is 3.30. The summed E-state index contributed by atoms with van der Waals surface area (Å²) in [5, 5.41) is 29.4. The molecule has 1 aliphatic rings. The van der Waals surface area contributed by atoms with E-state index in [0.717, 1.165) is 17.7 Å². The van der Waals surface area contributed by atoms with Gasteiger partial charge in [-0.05, 0) is 124 Å². The number of nitrogens with zero attached hydrogens (tertiary/aromatic N) is 1. The number of carbonyl (C=O) groups excluding carboxylic acids is 6. The lowest BCUT2D eigenvalue weighted by atomic mass is 9.93. The summed E-state index contributed by atoms with van der Waals surface area (Å²) in [4.78, 5) is 84.0. The van der Waals surface area contributed by atoms with Crippen LogP contribution in [0.5, 0.6) is 11.5 Å². The van der Waals surface area contributed by atoms with Crippen LogP contribution in [0.4, 0.5) is 0 Å². The highest BCUT2D eigenvalue weighted by Gasteiger charge is 2.36. The Kier molecular flexibility index (Phi) is 18.6. The maximum absolute atomic E-state index is 14.8. The van der Waals surface area contributed by atoms with E-state index in [1.165, 1.54) is 38.8 Å². The number of rotatable bonds is 19. The van der Waals surface area contributed by atoms with Gasteiger partial charge < -0.3 is 52.4 Å². The zero-order chi connectivity index (χ0) is 47.9. The second kappa shape index (κ2) is 24.3. The summed E-state index contributed by atoms with van der Waals surface area (Å²) in [6.07, 6.45) is 1.22. The van der Waals surface area contributed by atoms with Crippen molar-refractivity contribution < 1.29 is 38.6 Å². The zero-order valence-electron chi connectivity index (χ0n) is 38.0. The molecular formula is C49H61ClN8O8. The predicted octanol–water partition coefficient (Wildman–Crippen LogP) is 3.63. The number of carbonyl (C=O) groups is 6. The molecule has 352 valence electrons. The van der Waals surface area contributed by atoms with Crippen molar-refractivity contribution in [2.45, 2.75) is 76.7 Å². The predicted molar refractivity (Wildman–Crippen MR) is 254 cm³/mol. The minimum atomic E-state index is -1.39. The molecule has 0 fully saturated rings. The van der Waals surface area contributed by atoms with Crippen LogP contribution < -0.4 is 42.4 Å². The number of amides is 5. The highest BCUT2D eigenvalue weighted by molar-refractivity contribution is 6.30. The smallest absolute Gasteiger partial charge is 0.251 e. The van der Waals surface area contributed by atoms with Gasteiger partial charge in [0.05, 0.1) is 6.04 Å². The van der Waals surface area contributed by atoms with Crippen LogP contribution in [0.2, 0.25) is 5.02 Å². The molecule has 9 N–H and O–H groups in total. The van der Waals surface area contributed by atoms with Crippen LogP contribution in [-0.4, -0.2) is 116 Å². The first-order chi connectivity index (χ1) is 31.6. The van der Waals surface area contributed by atoms with Gasteiger partial charge >= 0.3 is 0 Å². The molecule has 5 unspecified atom stereocenters. The number of benzene rings is 4. The lowest BCUT2D eigenvalue weighted by Crippen LogP contribution is -2.56. The molecule has 1 aliphatic heterocycles. The summed E-state index contributed by atoms with van der Waals surface area (Å²) in [5.41, 5.74) is 9.45. The lowest BCUT2D eigenvalue weighted by molar-refractivity contribution is -0.141. The highest BCUT2D eigenvalue weighted by Crippen LogP contribution is 2.39. The zero-order valence-corrected chi connectivity index (χ0v) is 38.8. The average molecular weight is 926 g/mol. The molecule has 0 saturated heterocycles. The monoisotopic (exact) mass is 924 g/mol. The van der Waals surface area contributed by atoms with Gasteiger partial charge in [-0.25, -0.2) is 0 Å². The SMILES string of the molecule is CNCCNCCOc1ccc2cc1-c1cc(ccc1O)CC(C(=O)NC(C)C(C)=O)NC(=O)C(C)NC(=O)C2N(C)C(=O)C(CCCCN)NC(=O)c1ccc(-c2ccc(Cl)cc2)cc1. The third-order valence-corrected chi connectivity index (χ3v) is 11.7. The van der Waals surface area contributed by atoms with E-state index in [1.807, 2.05) is 19.2 Å². The van der Waals surface area contributed by atoms with E-state index >= 15 is 0 Å². The third kappa shape index (κ3) is 13.6. The Morgan fingerprint density at radius 3 is 2.24 bits per heavy atom. The molecule has 0 radical (unpaired) electrons. The number of unbranched alkanes of at least 4 members (excludes halogenated alkanes) is 1. The molecule has 0 aliphatic carbocycles. The van der Waals surface area contributed by atoms with Crippen LogP contribution in [0.1, 0.15) is 67.6 Å². The van der Waals surface area contributed by atoms with Crippen molar-refractivity contribution in [3.05, 3.63) is 107 Å². The summed E-state index contributed by atoms with van der Waals surface area (Å²) in [6.45, 7) is 6.86. The quantitative estimate of drug-likeness (QED) is 0.0633. The molecule has 4 aromatic carbocycles. The van der Waals surface area contributed by atoms with E-state index in [2.05, 4.69) is 31.9 Å². The first kappa shape index (κ1) is 50.7. The van der Waals surface area contributed by atoms with Crippen molar-refractivity contribution in [3.8, 4) is 33.8 Å². The van der Waals surface area contributed by atoms with Gasteiger partial charge in [-0.15, -0.1) is 0 Å². The van der Waals surface area contributed by atoms with E-state index in [4.69, 9.17) is 22.1 Å². The number of nitrogens with one attached hydrogen (secondary N) is 6. The summed E-state index contributed by atoms with van der Waals surface area (Å²) in [5.74, 6) is -3.24. The van der Waals surface area contributed by atoms with E-state index in [-0.39, 0.29) is 31.0 Å². The molecule has 1 heterocycles. The number of fused-ring (bicyclic) bond motifs is 5. The fourth-order valence-corrected chi connectivity index (χ4v) is 7.56. The molecule has 0 saturated carbocycles. The van der Waals surface area contributed by atoms with Crippen LogP contribution >= 0.6 is 11.6 Å². The molecule has 0 spiro atoms. The van der Waals surface area contributed by atoms with E-state index in [9.17, 15) is 33.9 Å². The van der Waals surface area contributed by atoms with Crippen molar-refractivity contribution in [1.82, 2.24) is 36.8 Å². The van der Waals surface area contributed by atoms with Gasteiger partial charge in [0.1, 0.15) is 42.3 Å².